The van der Waals surface area contributed by atoms with Gasteiger partial charge in [-0.25, -0.2) is 4.98 Å². The minimum Gasteiger partial charge on any atom is -0.611 e. The summed E-state index contributed by atoms with van der Waals surface area (Å²) in [5.41, 5.74) is 2.35. The summed E-state index contributed by atoms with van der Waals surface area (Å²) in [6.45, 7) is 5.56. The van der Waals surface area contributed by atoms with Gasteiger partial charge in [0.05, 0.1) is 12.1 Å². The van der Waals surface area contributed by atoms with Gasteiger partial charge >= 0.3 is 0 Å². The van der Waals surface area contributed by atoms with Crippen molar-refractivity contribution in [2.75, 3.05) is 41.0 Å². The van der Waals surface area contributed by atoms with E-state index in [1.165, 1.54) is 5.56 Å². The molecule has 1 aromatic carbocycles. The third-order valence-corrected chi connectivity index (χ3v) is 8.54. The van der Waals surface area contributed by atoms with Crippen molar-refractivity contribution in [2.45, 2.75) is 48.1 Å². The molecular weight excluding hydrogens is 426 g/mol. The summed E-state index contributed by atoms with van der Waals surface area (Å²) >= 11 is -1.09. The molecule has 1 aromatic heterocycles. The minimum atomic E-state index is -1.09. The van der Waals surface area contributed by atoms with Crippen molar-refractivity contribution in [1.82, 2.24) is 9.97 Å². The highest BCUT2D eigenvalue weighted by Crippen LogP contribution is 2.46. The molecule has 2 fully saturated rings. The fourth-order valence-corrected chi connectivity index (χ4v) is 6.34. The van der Waals surface area contributed by atoms with Gasteiger partial charge < -0.3 is 29.9 Å². The van der Waals surface area contributed by atoms with Crippen LogP contribution in [0.1, 0.15) is 36.9 Å². The second-order valence-corrected chi connectivity index (χ2v) is 10.7. The molecule has 1 atom stereocenters. The number of para-hydroxylation sites is 1. The normalized spacial score (nSPS) is 24.4. The Morgan fingerprint density at radius 2 is 2.00 bits per heavy atom. The molecule has 1 unspecified atom stereocenters. The number of piperidine rings is 1. The van der Waals surface area contributed by atoms with Crippen LogP contribution in [0.25, 0.3) is 0 Å². The molecule has 1 saturated carbocycles. The minimum absolute atomic E-state index is 0.0502. The lowest BCUT2D eigenvalue weighted by molar-refractivity contribution is -0.0257. The second kappa shape index (κ2) is 7.26. The number of benzene rings is 1. The molecule has 1 aliphatic carbocycles. The lowest BCUT2D eigenvalue weighted by Crippen LogP contribution is -2.47. The van der Waals surface area contributed by atoms with Crippen molar-refractivity contribution < 1.29 is 14.4 Å². The molecule has 1 saturated heterocycles. The SMILES string of the molecule is C=C1Nc2ccccc2C2(CCN(c3nc4c(c(NC5(CO)CC5)n3)[S+]([O-])CC4)CC2)O1. The summed E-state index contributed by atoms with van der Waals surface area (Å²) in [5.74, 6) is 2.45. The van der Waals surface area contributed by atoms with Gasteiger partial charge in [-0.3, -0.25) is 0 Å². The maximum absolute atomic E-state index is 12.6. The number of anilines is 3. The third kappa shape index (κ3) is 3.22. The number of aliphatic hydroxyl groups excluding tert-OH is 1. The van der Waals surface area contributed by atoms with Crippen molar-refractivity contribution in [3.8, 4) is 0 Å². The zero-order valence-electron chi connectivity index (χ0n) is 17.9. The molecule has 3 aliphatic heterocycles. The molecule has 4 aliphatic rings. The van der Waals surface area contributed by atoms with E-state index in [4.69, 9.17) is 14.7 Å². The first kappa shape index (κ1) is 20.1. The van der Waals surface area contributed by atoms with Crippen LogP contribution in [0, 0.1) is 0 Å². The number of aromatic nitrogens is 2. The first-order valence-electron chi connectivity index (χ1n) is 11.2. The maximum atomic E-state index is 12.6. The molecule has 168 valence electrons. The summed E-state index contributed by atoms with van der Waals surface area (Å²) < 4.78 is 18.9. The van der Waals surface area contributed by atoms with E-state index in [1.807, 2.05) is 12.1 Å². The van der Waals surface area contributed by atoms with Gasteiger partial charge in [0.2, 0.25) is 10.8 Å². The average molecular weight is 454 g/mol. The Kier molecular flexibility index (Phi) is 4.57. The van der Waals surface area contributed by atoms with E-state index < -0.39 is 16.8 Å². The number of hydrogen-bond donors (Lipinski definition) is 3. The van der Waals surface area contributed by atoms with Gasteiger partial charge in [0.25, 0.3) is 0 Å². The molecule has 0 amide bonds. The van der Waals surface area contributed by atoms with Crippen LogP contribution in [0.5, 0.6) is 0 Å². The van der Waals surface area contributed by atoms with E-state index in [1.54, 1.807) is 0 Å². The standard InChI is InChI=1S/C23H27N5O3S/c1-15-24-17-5-3-2-4-16(17)23(31-15)9-11-28(12-10-23)21-25-18-6-13-32(30)19(18)20(26-21)27-22(14-29)7-8-22/h2-5,24,29H,1,6-14H2,(H,25,26,27). The summed E-state index contributed by atoms with van der Waals surface area (Å²) in [6, 6.07) is 8.25. The predicted molar refractivity (Wildman–Crippen MR) is 123 cm³/mol. The van der Waals surface area contributed by atoms with E-state index in [9.17, 15) is 9.66 Å². The van der Waals surface area contributed by atoms with Gasteiger partial charge in [-0.1, -0.05) is 18.2 Å². The molecule has 4 heterocycles. The van der Waals surface area contributed by atoms with E-state index in [-0.39, 0.29) is 12.1 Å². The quantitative estimate of drug-likeness (QED) is 0.607. The van der Waals surface area contributed by atoms with E-state index in [0.29, 0.717) is 34.7 Å². The van der Waals surface area contributed by atoms with Gasteiger partial charge in [0, 0.05) is 43.6 Å². The average Bonchev–Trinajstić information content (AvgIpc) is 3.47. The number of ether oxygens (including phenoxy) is 1. The van der Waals surface area contributed by atoms with Crippen LogP contribution in [0.2, 0.25) is 0 Å². The Labute approximate surface area is 190 Å². The summed E-state index contributed by atoms with van der Waals surface area (Å²) in [5, 5.41) is 16.4. The van der Waals surface area contributed by atoms with Crippen LogP contribution in [-0.4, -0.2) is 50.6 Å². The molecule has 0 radical (unpaired) electrons. The van der Waals surface area contributed by atoms with Crippen LogP contribution in [-0.2, 0) is 27.9 Å². The lowest BCUT2D eigenvalue weighted by atomic mass is 9.82. The third-order valence-electron chi connectivity index (χ3n) is 7.08. The zero-order valence-corrected chi connectivity index (χ0v) is 18.7. The maximum Gasteiger partial charge on any atom is 0.227 e. The van der Waals surface area contributed by atoms with Crippen LogP contribution >= 0.6 is 0 Å². The van der Waals surface area contributed by atoms with Crippen molar-refractivity contribution in [3.05, 3.63) is 48.0 Å². The zero-order chi connectivity index (χ0) is 21.9. The van der Waals surface area contributed by atoms with Gasteiger partial charge in [-0.15, -0.1) is 0 Å². The first-order valence-corrected chi connectivity index (χ1v) is 12.5. The monoisotopic (exact) mass is 453 g/mol. The van der Waals surface area contributed by atoms with Crippen molar-refractivity contribution >= 4 is 28.6 Å². The van der Waals surface area contributed by atoms with Crippen LogP contribution in [0.15, 0.2) is 41.6 Å². The number of hydrogen-bond acceptors (Lipinski definition) is 8. The predicted octanol–water partition coefficient (Wildman–Crippen LogP) is 2.49. The van der Waals surface area contributed by atoms with Crippen LogP contribution in [0.3, 0.4) is 0 Å². The highest BCUT2D eigenvalue weighted by atomic mass is 32.2. The molecule has 3 N–H and O–H groups in total. The van der Waals surface area contributed by atoms with Gasteiger partial charge in [0.15, 0.2) is 11.7 Å². The molecule has 0 bridgehead atoms. The summed E-state index contributed by atoms with van der Waals surface area (Å²) in [7, 11) is 0. The van der Waals surface area contributed by atoms with Crippen molar-refractivity contribution in [2.24, 2.45) is 0 Å². The Morgan fingerprint density at radius 3 is 2.75 bits per heavy atom. The van der Waals surface area contributed by atoms with Gasteiger partial charge in [-0.05, 0) is 36.7 Å². The lowest BCUT2D eigenvalue weighted by Gasteiger charge is -2.45. The topological polar surface area (TPSA) is 106 Å². The Balaban J connectivity index is 1.28. The summed E-state index contributed by atoms with van der Waals surface area (Å²) in [4.78, 5) is 12.5. The van der Waals surface area contributed by atoms with E-state index in [2.05, 4.69) is 34.2 Å². The molecule has 2 aromatic rings. The first-order chi connectivity index (χ1) is 15.5. The van der Waals surface area contributed by atoms with Crippen molar-refractivity contribution in [3.63, 3.8) is 0 Å². The Hall–Kier alpha value is -2.49. The van der Waals surface area contributed by atoms with Crippen molar-refractivity contribution in [1.29, 1.82) is 0 Å². The molecule has 1 spiro atoms. The van der Waals surface area contributed by atoms with Crippen LogP contribution in [0.4, 0.5) is 17.5 Å². The Morgan fingerprint density at radius 1 is 1.22 bits per heavy atom. The molecule has 8 nitrogen and oxygen atoms in total. The number of nitrogens with zero attached hydrogens (tertiary/aromatic N) is 3. The number of rotatable bonds is 4. The largest absolute Gasteiger partial charge is 0.611 e. The number of aliphatic hydroxyl groups is 1. The fraction of sp³-hybridized carbons (Fsp3) is 0.478. The highest BCUT2D eigenvalue weighted by molar-refractivity contribution is 7.91. The Bertz CT molecular complexity index is 1080. The van der Waals surface area contributed by atoms with Gasteiger partial charge in [0.1, 0.15) is 17.0 Å². The molecule has 32 heavy (non-hydrogen) atoms. The smallest absolute Gasteiger partial charge is 0.227 e. The van der Waals surface area contributed by atoms with Crippen LogP contribution < -0.4 is 15.5 Å². The number of fused-ring (bicyclic) bond motifs is 3. The number of aryl methyl sites for hydroxylation is 1. The highest BCUT2D eigenvalue weighted by Gasteiger charge is 2.46. The second-order valence-electron chi connectivity index (χ2n) is 9.19. The molecule has 9 heteroatoms. The number of nitrogens with one attached hydrogen (secondary N) is 2. The van der Waals surface area contributed by atoms with E-state index in [0.717, 1.165) is 50.2 Å². The molecular formula is C23H27N5O3S. The fourth-order valence-electron chi connectivity index (χ4n) is 5.03. The van der Waals surface area contributed by atoms with Gasteiger partial charge in [-0.2, -0.15) is 4.98 Å². The summed E-state index contributed by atoms with van der Waals surface area (Å²) in [6.07, 6.45) is 4.06. The van der Waals surface area contributed by atoms with E-state index >= 15 is 0 Å². The molecule has 6 rings (SSSR count).